The van der Waals surface area contributed by atoms with E-state index in [1.54, 1.807) is 0 Å². The van der Waals surface area contributed by atoms with Gasteiger partial charge in [-0.2, -0.15) is 0 Å². The highest BCUT2D eigenvalue weighted by atomic mass is 16.5. The van der Waals surface area contributed by atoms with Crippen molar-refractivity contribution in [2.75, 3.05) is 50.8 Å². The molecule has 3 aromatic rings. The van der Waals surface area contributed by atoms with E-state index in [0.29, 0.717) is 25.7 Å². The third-order valence-electron chi connectivity index (χ3n) is 7.83. The van der Waals surface area contributed by atoms with E-state index in [2.05, 4.69) is 70.1 Å². The maximum absolute atomic E-state index is 11.1. The summed E-state index contributed by atoms with van der Waals surface area (Å²) in [6.07, 6.45) is 1.56. The molecule has 1 fully saturated rings. The number of aliphatic hydroxyl groups is 1. The van der Waals surface area contributed by atoms with Crippen molar-refractivity contribution in [2.45, 2.75) is 51.9 Å². The topological polar surface area (TPSA) is 65.2 Å². The van der Waals surface area contributed by atoms with Crippen molar-refractivity contribution in [2.24, 2.45) is 0 Å². The molecule has 7 nitrogen and oxygen atoms in total. The standard InChI is InChI=1S/C30H40N4O3/c1-3-23(2)34(21-27(35)20-32-15-17-36-18-16-32)22-28-29(25-10-5-4-6-11-25)31-37-30(28)33-14-13-24-9-7-8-12-26(24)19-33/h4-12,23,27,35H,3,13-22H2,1-2H3/t23-,27-/m0/s1. The van der Waals surface area contributed by atoms with Crippen LogP contribution in [-0.2, 0) is 24.2 Å². The Bertz CT molecular complexity index is 1130. The second-order valence-corrected chi connectivity index (χ2v) is 10.4. The van der Waals surface area contributed by atoms with E-state index in [1.165, 1.54) is 11.1 Å². The van der Waals surface area contributed by atoms with E-state index >= 15 is 0 Å². The zero-order chi connectivity index (χ0) is 25.6. The third-order valence-corrected chi connectivity index (χ3v) is 7.83. The highest BCUT2D eigenvalue weighted by Gasteiger charge is 2.29. The molecule has 0 saturated carbocycles. The van der Waals surface area contributed by atoms with Crippen molar-refractivity contribution < 1.29 is 14.4 Å². The molecular formula is C30H40N4O3. The summed E-state index contributed by atoms with van der Waals surface area (Å²) in [5.74, 6) is 0.851. The predicted octanol–water partition coefficient (Wildman–Crippen LogP) is 4.20. The maximum atomic E-state index is 11.1. The molecule has 0 amide bonds. The number of aliphatic hydroxyl groups excluding tert-OH is 1. The summed E-state index contributed by atoms with van der Waals surface area (Å²) in [7, 11) is 0. The lowest BCUT2D eigenvalue weighted by atomic mass is 9.99. The lowest BCUT2D eigenvalue weighted by Gasteiger charge is -2.34. The van der Waals surface area contributed by atoms with Gasteiger partial charge in [0.2, 0.25) is 5.88 Å². The summed E-state index contributed by atoms with van der Waals surface area (Å²) in [4.78, 5) is 7.02. The lowest BCUT2D eigenvalue weighted by Crippen LogP contribution is -2.46. The molecule has 7 heteroatoms. The van der Waals surface area contributed by atoms with E-state index in [1.807, 2.05) is 18.2 Å². The molecule has 0 spiro atoms. The van der Waals surface area contributed by atoms with Gasteiger partial charge in [0.15, 0.2) is 0 Å². The Kier molecular flexibility index (Phi) is 8.56. The molecule has 2 aliphatic heterocycles. The van der Waals surface area contributed by atoms with Crippen molar-refractivity contribution >= 4 is 5.88 Å². The molecule has 0 bridgehead atoms. The zero-order valence-electron chi connectivity index (χ0n) is 22.2. The van der Waals surface area contributed by atoms with Crippen molar-refractivity contribution in [3.63, 3.8) is 0 Å². The Labute approximate surface area is 220 Å². The van der Waals surface area contributed by atoms with Gasteiger partial charge >= 0.3 is 0 Å². The van der Waals surface area contributed by atoms with Crippen LogP contribution in [-0.4, -0.2) is 78.1 Å². The van der Waals surface area contributed by atoms with Crippen LogP contribution in [0.1, 0.15) is 37.0 Å². The quantitative estimate of drug-likeness (QED) is 0.444. The third kappa shape index (κ3) is 6.24. The molecule has 198 valence electrons. The summed E-state index contributed by atoms with van der Waals surface area (Å²) in [5, 5.41) is 15.7. The van der Waals surface area contributed by atoms with Crippen LogP contribution in [0.3, 0.4) is 0 Å². The molecule has 1 saturated heterocycles. The molecule has 0 radical (unpaired) electrons. The van der Waals surface area contributed by atoms with Crippen molar-refractivity contribution in [1.29, 1.82) is 0 Å². The number of anilines is 1. The maximum Gasteiger partial charge on any atom is 0.232 e. The van der Waals surface area contributed by atoms with Crippen LogP contribution in [0.25, 0.3) is 11.3 Å². The average molecular weight is 505 g/mol. The smallest absolute Gasteiger partial charge is 0.232 e. The van der Waals surface area contributed by atoms with Crippen molar-refractivity contribution in [3.05, 3.63) is 71.3 Å². The number of nitrogens with zero attached hydrogens (tertiary/aromatic N) is 4. The van der Waals surface area contributed by atoms with E-state index in [9.17, 15) is 5.11 Å². The molecule has 37 heavy (non-hydrogen) atoms. The van der Waals surface area contributed by atoms with Crippen molar-refractivity contribution in [1.82, 2.24) is 15.0 Å². The molecule has 0 aliphatic carbocycles. The SMILES string of the molecule is CC[C@H](C)N(Cc1c(-c2ccccc2)noc1N1CCc2ccccc2C1)C[C@@H](O)CN1CCOCC1. The first-order chi connectivity index (χ1) is 18.1. The first-order valence-electron chi connectivity index (χ1n) is 13.7. The largest absolute Gasteiger partial charge is 0.390 e. The van der Waals surface area contributed by atoms with Gasteiger partial charge in [-0.3, -0.25) is 9.80 Å². The fraction of sp³-hybridized carbons (Fsp3) is 0.500. The predicted molar refractivity (Wildman–Crippen MR) is 147 cm³/mol. The molecular weight excluding hydrogens is 464 g/mol. The van der Waals surface area contributed by atoms with Gasteiger partial charge < -0.3 is 19.3 Å². The van der Waals surface area contributed by atoms with Gasteiger partial charge in [0, 0.05) is 57.4 Å². The van der Waals surface area contributed by atoms with Gasteiger partial charge in [-0.15, -0.1) is 0 Å². The molecule has 0 unspecified atom stereocenters. The van der Waals surface area contributed by atoms with Crippen LogP contribution in [0.2, 0.25) is 0 Å². The monoisotopic (exact) mass is 504 g/mol. The first-order valence-corrected chi connectivity index (χ1v) is 13.7. The number of fused-ring (bicyclic) bond motifs is 1. The van der Waals surface area contributed by atoms with Gasteiger partial charge in [-0.1, -0.05) is 66.7 Å². The number of benzene rings is 2. The minimum Gasteiger partial charge on any atom is -0.390 e. The number of rotatable bonds is 10. The summed E-state index contributed by atoms with van der Waals surface area (Å²) < 4.78 is 11.6. The summed E-state index contributed by atoms with van der Waals surface area (Å²) in [5.41, 5.74) is 5.81. The number of aromatic nitrogens is 1. The number of ether oxygens (including phenoxy) is 1. The fourth-order valence-electron chi connectivity index (χ4n) is 5.46. The van der Waals surface area contributed by atoms with E-state index in [-0.39, 0.29) is 0 Å². The second kappa shape index (κ2) is 12.2. The number of morpholine rings is 1. The molecule has 5 rings (SSSR count). The molecule has 1 aromatic heterocycles. The molecule has 2 atom stereocenters. The Hall–Kier alpha value is -2.71. The molecule has 2 aromatic carbocycles. The number of hydrogen-bond acceptors (Lipinski definition) is 7. The van der Waals surface area contributed by atoms with Crippen LogP contribution >= 0.6 is 0 Å². The highest BCUT2D eigenvalue weighted by Crippen LogP contribution is 2.35. The van der Waals surface area contributed by atoms with E-state index < -0.39 is 6.10 Å². The fourth-order valence-corrected chi connectivity index (χ4v) is 5.46. The van der Waals surface area contributed by atoms with Crippen LogP contribution in [0.5, 0.6) is 0 Å². The minimum atomic E-state index is -0.433. The lowest BCUT2D eigenvalue weighted by molar-refractivity contribution is 0.00253. The van der Waals surface area contributed by atoms with E-state index in [4.69, 9.17) is 9.26 Å². The van der Waals surface area contributed by atoms with Crippen LogP contribution in [0.15, 0.2) is 59.1 Å². The Morgan fingerprint density at radius 3 is 2.49 bits per heavy atom. The molecule has 1 N–H and O–H groups in total. The number of β-amino-alcohol motifs (C(OH)–C–C–N with tert-alkyl or cyclic N) is 1. The van der Waals surface area contributed by atoms with E-state index in [0.717, 1.165) is 74.9 Å². The van der Waals surface area contributed by atoms with Gasteiger partial charge in [0.05, 0.1) is 24.9 Å². The summed E-state index contributed by atoms with van der Waals surface area (Å²) >= 11 is 0. The first kappa shape index (κ1) is 25.9. The summed E-state index contributed by atoms with van der Waals surface area (Å²) in [6, 6.07) is 19.3. The van der Waals surface area contributed by atoms with Crippen LogP contribution < -0.4 is 4.90 Å². The Morgan fingerprint density at radius 1 is 1.00 bits per heavy atom. The highest BCUT2D eigenvalue weighted by molar-refractivity contribution is 5.68. The van der Waals surface area contributed by atoms with Gasteiger partial charge in [-0.05, 0) is 30.9 Å². The van der Waals surface area contributed by atoms with Crippen LogP contribution in [0.4, 0.5) is 5.88 Å². The molecule has 3 heterocycles. The van der Waals surface area contributed by atoms with Gasteiger partial charge in [0.1, 0.15) is 5.69 Å². The Balaban J connectivity index is 1.41. The Morgan fingerprint density at radius 2 is 1.73 bits per heavy atom. The van der Waals surface area contributed by atoms with Gasteiger partial charge in [0.25, 0.3) is 0 Å². The van der Waals surface area contributed by atoms with Crippen molar-refractivity contribution in [3.8, 4) is 11.3 Å². The second-order valence-electron chi connectivity index (χ2n) is 10.4. The molecule has 2 aliphatic rings. The minimum absolute atomic E-state index is 0.313. The summed E-state index contributed by atoms with van der Waals surface area (Å²) in [6.45, 7) is 11.4. The average Bonchev–Trinajstić information content (AvgIpc) is 3.36. The van der Waals surface area contributed by atoms with Crippen LogP contribution in [0, 0.1) is 0 Å². The normalized spacial score (nSPS) is 18.1. The number of hydrogen-bond donors (Lipinski definition) is 1. The van der Waals surface area contributed by atoms with Gasteiger partial charge in [-0.25, -0.2) is 0 Å². The zero-order valence-corrected chi connectivity index (χ0v) is 22.2.